The summed E-state index contributed by atoms with van der Waals surface area (Å²) >= 11 is 0. The molecule has 1 nitrogen and oxygen atoms in total. The third-order valence-corrected chi connectivity index (χ3v) is 2.02. The fourth-order valence-corrected chi connectivity index (χ4v) is 0.854. The minimum Gasteiger partial charge on any atom is -0.300 e. The second kappa shape index (κ2) is 3.79. The van der Waals surface area contributed by atoms with Crippen molar-refractivity contribution >= 4 is 13.6 Å². The minimum absolute atomic E-state index is 0.192. The summed E-state index contributed by atoms with van der Waals surface area (Å²) in [5.41, 5.74) is 0. The van der Waals surface area contributed by atoms with Crippen LogP contribution in [-0.4, -0.2) is 13.6 Å². The van der Waals surface area contributed by atoms with Crippen molar-refractivity contribution in [3.8, 4) is 0 Å². The zero-order valence-electron chi connectivity index (χ0n) is 7.64. The van der Waals surface area contributed by atoms with E-state index in [1.54, 1.807) is 0 Å². The van der Waals surface area contributed by atoms with E-state index < -0.39 is 0 Å². The first-order valence-corrected chi connectivity index (χ1v) is 4.00. The molecule has 0 aliphatic carbocycles. The van der Waals surface area contributed by atoms with Gasteiger partial charge in [-0.05, 0) is 11.7 Å². The fourth-order valence-electron chi connectivity index (χ4n) is 0.854. The van der Waals surface area contributed by atoms with Gasteiger partial charge in [0, 0.05) is 5.92 Å². The molecular weight excluding hydrogens is 123 g/mol. The van der Waals surface area contributed by atoms with E-state index in [0.29, 0.717) is 11.7 Å². The molecule has 0 bridgehead atoms. The van der Waals surface area contributed by atoms with Crippen LogP contribution >= 0.6 is 0 Å². The number of hydrogen-bond donors (Lipinski definition) is 0. The summed E-state index contributed by atoms with van der Waals surface area (Å²) < 4.78 is 0. The third-order valence-electron chi connectivity index (χ3n) is 2.02. The maximum absolute atomic E-state index is 11.3. The second-order valence-electron chi connectivity index (χ2n) is 3.59. The van der Waals surface area contributed by atoms with Gasteiger partial charge in [-0.15, -0.1) is 0 Å². The smallest absolute Gasteiger partial charge is 0.130 e. The Hall–Kier alpha value is -0.265. The second-order valence-corrected chi connectivity index (χ2v) is 3.59. The van der Waals surface area contributed by atoms with E-state index in [4.69, 9.17) is 0 Å². The first kappa shape index (κ1) is 9.73. The van der Waals surface area contributed by atoms with Crippen molar-refractivity contribution in [3.05, 3.63) is 0 Å². The third kappa shape index (κ3) is 2.55. The molecule has 0 aliphatic rings. The molecule has 0 N–H and O–H groups in total. The quantitative estimate of drug-likeness (QED) is 0.540. The molecule has 0 fully saturated rings. The lowest BCUT2D eigenvalue weighted by molar-refractivity contribution is -0.122. The Morgan fingerprint density at radius 1 is 1.20 bits per heavy atom. The van der Waals surface area contributed by atoms with Crippen LogP contribution < -0.4 is 0 Å². The monoisotopic (exact) mass is 140 g/mol. The van der Waals surface area contributed by atoms with Gasteiger partial charge in [-0.1, -0.05) is 27.7 Å². The van der Waals surface area contributed by atoms with Crippen LogP contribution in [0.25, 0.3) is 0 Å². The molecule has 0 radical (unpaired) electrons. The van der Waals surface area contributed by atoms with Crippen molar-refractivity contribution in [3.63, 3.8) is 0 Å². The van der Waals surface area contributed by atoms with E-state index in [0.717, 1.165) is 0 Å². The van der Waals surface area contributed by atoms with E-state index in [-0.39, 0.29) is 11.7 Å². The van der Waals surface area contributed by atoms with E-state index in [1.165, 1.54) is 0 Å². The Labute approximate surface area is 64.6 Å². The summed E-state index contributed by atoms with van der Waals surface area (Å²) in [5, 5.41) is 0. The summed E-state index contributed by atoms with van der Waals surface area (Å²) in [4.78, 5) is 11.3. The average Bonchev–Trinajstić information content (AvgIpc) is 1.84. The zero-order chi connectivity index (χ0) is 8.31. The molecule has 0 saturated carbocycles. The number of rotatable bonds is 3. The van der Waals surface area contributed by atoms with Gasteiger partial charge in [0.25, 0.3) is 0 Å². The van der Waals surface area contributed by atoms with E-state index in [1.807, 2.05) is 21.7 Å². The van der Waals surface area contributed by atoms with Gasteiger partial charge >= 0.3 is 0 Å². The molecule has 0 saturated heterocycles. The van der Waals surface area contributed by atoms with Gasteiger partial charge in [0.15, 0.2) is 0 Å². The SMILES string of the molecule is BC(C(=O)C(C)C)C(C)C. The normalized spacial score (nSPS) is 14.2. The molecule has 0 heterocycles. The van der Waals surface area contributed by atoms with Gasteiger partial charge in [-0.2, -0.15) is 0 Å². The van der Waals surface area contributed by atoms with Crippen LogP contribution in [0.15, 0.2) is 0 Å². The van der Waals surface area contributed by atoms with Gasteiger partial charge in [0.2, 0.25) is 0 Å². The Morgan fingerprint density at radius 2 is 1.60 bits per heavy atom. The summed E-state index contributed by atoms with van der Waals surface area (Å²) in [6.45, 7) is 8.10. The van der Waals surface area contributed by atoms with E-state index in [9.17, 15) is 4.79 Å². The average molecular weight is 140 g/mol. The molecule has 0 amide bonds. The van der Waals surface area contributed by atoms with Gasteiger partial charge in [-0.25, -0.2) is 0 Å². The van der Waals surface area contributed by atoms with Crippen LogP contribution in [0.2, 0.25) is 5.82 Å². The highest BCUT2D eigenvalue weighted by Gasteiger charge is 2.18. The van der Waals surface area contributed by atoms with Gasteiger partial charge in [0.1, 0.15) is 13.6 Å². The summed E-state index contributed by atoms with van der Waals surface area (Å²) in [5.74, 6) is 1.28. The van der Waals surface area contributed by atoms with E-state index in [2.05, 4.69) is 13.8 Å². The highest BCUT2D eigenvalue weighted by atomic mass is 16.1. The highest BCUT2D eigenvalue weighted by molar-refractivity contribution is 6.24. The Kier molecular flexibility index (Phi) is 3.69. The Morgan fingerprint density at radius 3 is 1.70 bits per heavy atom. The van der Waals surface area contributed by atoms with Crippen molar-refractivity contribution < 1.29 is 4.79 Å². The highest BCUT2D eigenvalue weighted by Crippen LogP contribution is 2.18. The van der Waals surface area contributed by atoms with Crippen molar-refractivity contribution in [2.24, 2.45) is 11.8 Å². The predicted octanol–water partition coefficient (Wildman–Crippen LogP) is 1.29. The van der Waals surface area contributed by atoms with Gasteiger partial charge < -0.3 is 0 Å². The van der Waals surface area contributed by atoms with Crippen LogP contribution in [0.5, 0.6) is 0 Å². The molecule has 10 heavy (non-hydrogen) atoms. The number of carbonyl (C=O) groups is 1. The van der Waals surface area contributed by atoms with Crippen molar-refractivity contribution in [1.29, 1.82) is 0 Å². The Bertz CT molecular complexity index is 118. The van der Waals surface area contributed by atoms with Crippen molar-refractivity contribution in [2.75, 3.05) is 0 Å². The molecular formula is C8H17BO. The molecule has 58 valence electrons. The maximum atomic E-state index is 11.3. The maximum Gasteiger partial charge on any atom is 0.130 e. The predicted molar refractivity (Wildman–Crippen MR) is 47.0 cm³/mol. The molecule has 0 aliphatic heterocycles. The first-order valence-electron chi connectivity index (χ1n) is 4.00. The molecule has 0 aromatic heterocycles. The van der Waals surface area contributed by atoms with Crippen LogP contribution in [0, 0.1) is 11.8 Å². The van der Waals surface area contributed by atoms with Crippen LogP contribution in [-0.2, 0) is 4.79 Å². The van der Waals surface area contributed by atoms with Crippen LogP contribution in [0.3, 0.4) is 0 Å². The molecule has 0 rings (SSSR count). The lowest BCUT2D eigenvalue weighted by atomic mass is 9.72. The number of carbonyl (C=O) groups excluding carboxylic acids is 1. The zero-order valence-corrected chi connectivity index (χ0v) is 7.64. The minimum atomic E-state index is 0.192. The molecule has 0 aromatic rings. The molecule has 1 atom stereocenters. The van der Waals surface area contributed by atoms with Crippen molar-refractivity contribution in [2.45, 2.75) is 33.5 Å². The van der Waals surface area contributed by atoms with Crippen LogP contribution in [0.1, 0.15) is 27.7 Å². The molecule has 1 unspecified atom stereocenters. The van der Waals surface area contributed by atoms with Crippen molar-refractivity contribution in [1.82, 2.24) is 0 Å². The standard InChI is InChI=1S/C8H17BO/c1-5(2)7(9)8(10)6(3)4/h5-7H,9H2,1-4H3. The van der Waals surface area contributed by atoms with Gasteiger partial charge in [-0.3, -0.25) is 4.79 Å². The molecule has 0 spiro atoms. The van der Waals surface area contributed by atoms with Gasteiger partial charge in [0.05, 0.1) is 0 Å². The van der Waals surface area contributed by atoms with Crippen LogP contribution in [0.4, 0.5) is 0 Å². The summed E-state index contributed by atoms with van der Waals surface area (Å²) in [7, 11) is 2.01. The number of Topliss-reactive ketones (excluding diaryl/α,β-unsaturated/α-hetero) is 1. The first-order chi connectivity index (χ1) is 4.46. The topological polar surface area (TPSA) is 17.1 Å². The molecule has 0 aromatic carbocycles. The largest absolute Gasteiger partial charge is 0.300 e. The number of hydrogen-bond acceptors (Lipinski definition) is 1. The number of ketones is 1. The summed E-state index contributed by atoms with van der Waals surface area (Å²) in [6, 6.07) is 0. The fraction of sp³-hybridized carbons (Fsp3) is 0.875. The lowest BCUT2D eigenvalue weighted by Gasteiger charge is -2.15. The van der Waals surface area contributed by atoms with E-state index >= 15 is 0 Å². The lowest BCUT2D eigenvalue weighted by Crippen LogP contribution is -2.19. The molecule has 2 heteroatoms. The summed E-state index contributed by atoms with van der Waals surface area (Å²) in [6.07, 6.45) is 0. The Balaban J connectivity index is 3.95.